The Morgan fingerprint density at radius 3 is 1.77 bits per heavy atom. The molecule has 0 saturated carbocycles. The predicted molar refractivity (Wildman–Crippen MR) is 105 cm³/mol. The second-order valence-corrected chi connectivity index (χ2v) is 6.64. The number of carbonyl (C=O) groups excluding carboxylic acids is 1. The van der Waals surface area contributed by atoms with Crippen LogP contribution in [0.4, 0.5) is 5.69 Å². The van der Waals surface area contributed by atoms with Crippen LogP contribution in [-0.2, 0) is 13.1 Å². The molecule has 3 heteroatoms. The summed E-state index contributed by atoms with van der Waals surface area (Å²) in [5.74, 6) is 0.111. The van der Waals surface area contributed by atoms with Crippen molar-refractivity contribution in [3.63, 3.8) is 0 Å². The molecular weight excluding hydrogens is 320 g/mol. The van der Waals surface area contributed by atoms with Crippen molar-refractivity contribution in [2.24, 2.45) is 0 Å². The molecule has 1 aliphatic heterocycles. The molecule has 1 amide bonds. The van der Waals surface area contributed by atoms with Gasteiger partial charge in [0, 0.05) is 31.9 Å². The molecule has 3 nitrogen and oxygen atoms in total. The van der Waals surface area contributed by atoms with Crippen LogP contribution in [-0.4, -0.2) is 23.9 Å². The zero-order valence-corrected chi connectivity index (χ0v) is 14.7. The van der Waals surface area contributed by atoms with Crippen molar-refractivity contribution in [1.29, 1.82) is 0 Å². The van der Waals surface area contributed by atoms with Crippen molar-refractivity contribution < 1.29 is 4.79 Å². The fourth-order valence-corrected chi connectivity index (χ4v) is 3.49. The van der Waals surface area contributed by atoms with Crippen molar-refractivity contribution in [2.75, 3.05) is 18.0 Å². The highest BCUT2D eigenvalue weighted by molar-refractivity contribution is 6.00. The van der Waals surface area contributed by atoms with Gasteiger partial charge >= 0.3 is 0 Å². The van der Waals surface area contributed by atoms with Crippen LogP contribution in [0.25, 0.3) is 0 Å². The number of hydrogen-bond donors (Lipinski definition) is 0. The molecule has 0 aromatic heterocycles. The largest absolute Gasteiger partial charge is 0.365 e. The van der Waals surface area contributed by atoms with Gasteiger partial charge in [-0.3, -0.25) is 4.79 Å². The Bertz CT molecular complexity index is 877. The molecule has 0 aliphatic carbocycles. The molecule has 26 heavy (non-hydrogen) atoms. The number of para-hydroxylation sites is 1. The minimum Gasteiger partial charge on any atom is -0.365 e. The van der Waals surface area contributed by atoms with Crippen LogP contribution in [0.2, 0.25) is 0 Å². The van der Waals surface area contributed by atoms with Gasteiger partial charge in [-0.25, -0.2) is 0 Å². The summed E-state index contributed by atoms with van der Waals surface area (Å²) in [5.41, 5.74) is 4.23. The van der Waals surface area contributed by atoms with Gasteiger partial charge in [-0.15, -0.1) is 0 Å². The normalized spacial score (nSPS) is 14.1. The molecule has 1 aliphatic rings. The van der Waals surface area contributed by atoms with E-state index >= 15 is 0 Å². The monoisotopic (exact) mass is 342 g/mol. The van der Waals surface area contributed by atoms with E-state index in [-0.39, 0.29) is 5.91 Å². The van der Waals surface area contributed by atoms with Gasteiger partial charge in [-0.1, -0.05) is 72.8 Å². The highest BCUT2D eigenvalue weighted by Gasteiger charge is 2.26. The standard InChI is InChI=1S/C23H22N2O/c26-23-21-13-7-8-14-22(21)24(17-19-9-3-1-4-10-19)15-16-25(23)18-20-11-5-2-6-12-20/h1-14H,15-18H2. The Morgan fingerprint density at radius 1 is 0.615 bits per heavy atom. The number of nitrogens with zero attached hydrogens (tertiary/aromatic N) is 2. The molecule has 0 spiro atoms. The maximum Gasteiger partial charge on any atom is 0.256 e. The van der Waals surface area contributed by atoms with Crippen LogP contribution in [0.1, 0.15) is 21.5 Å². The van der Waals surface area contributed by atoms with E-state index in [9.17, 15) is 4.79 Å². The molecule has 130 valence electrons. The SMILES string of the molecule is O=C1c2ccccc2N(Cc2ccccc2)CCN1Cc1ccccc1. The summed E-state index contributed by atoms with van der Waals surface area (Å²) in [7, 11) is 0. The van der Waals surface area contributed by atoms with Crippen molar-refractivity contribution >= 4 is 11.6 Å². The van der Waals surface area contributed by atoms with E-state index < -0.39 is 0 Å². The molecule has 0 unspecified atom stereocenters. The Labute approximate surface area is 154 Å². The molecular formula is C23H22N2O. The lowest BCUT2D eigenvalue weighted by Gasteiger charge is -2.25. The first-order valence-electron chi connectivity index (χ1n) is 9.02. The van der Waals surface area contributed by atoms with Crippen LogP contribution in [0.5, 0.6) is 0 Å². The summed E-state index contributed by atoms with van der Waals surface area (Å²) in [6.45, 7) is 3.00. The molecule has 1 heterocycles. The Morgan fingerprint density at radius 2 is 1.12 bits per heavy atom. The lowest BCUT2D eigenvalue weighted by atomic mass is 10.1. The van der Waals surface area contributed by atoms with Crippen molar-refractivity contribution in [2.45, 2.75) is 13.1 Å². The van der Waals surface area contributed by atoms with Gasteiger partial charge in [0.25, 0.3) is 5.91 Å². The second kappa shape index (κ2) is 7.44. The van der Waals surface area contributed by atoms with Gasteiger partial charge in [-0.05, 0) is 23.3 Å². The third-order valence-corrected chi connectivity index (χ3v) is 4.83. The summed E-state index contributed by atoms with van der Waals surface area (Å²) >= 11 is 0. The van der Waals surface area contributed by atoms with E-state index in [4.69, 9.17) is 0 Å². The zero-order chi connectivity index (χ0) is 17.8. The second-order valence-electron chi connectivity index (χ2n) is 6.64. The maximum absolute atomic E-state index is 13.1. The quantitative estimate of drug-likeness (QED) is 0.704. The third kappa shape index (κ3) is 3.47. The summed E-state index contributed by atoms with van der Waals surface area (Å²) in [4.78, 5) is 17.4. The van der Waals surface area contributed by atoms with E-state index in [2.05, 4.69) is 47.4 Å². The molecule has 0 saturated heterocycles. The van der Waals surface area contributed by atoms with Crippen LogP contribution < -0.4 is 4.90 Å². The van der Waals surface area contributed by atoms with Crippen molar-refractivity contribution in [3.05, 3.63) is 102 Å². The highest BCUT2D eigenvalue weighted by atomic mass is 16.2. The number of amides is 1. The fourth-order valence-electron chi connectivity index (χ4n) is 3.49. The molecule has 0 atom stereocenters. The van der Waals surface area contributed by atoms with E-state index in [1.165, 1.54) is 5.56 Å². The van der Waals surface area contributed by atoms with Gasteiger partial charge < -0.3 is 9.80 Å². The smallest absolute Gasteiger partial charge is 0.256 e. The van der Waals surface area contributed by atoms with Crippen LogP contribution in [0.15, 0.2) is 84.9 Å². The first kappa shape index (κ1) is 16.4. The maximum atomic E-state index is 13.1. The number of fused-ring (bicyclic) bond motifs is 1. The van der Waals surface area contributed by atoms with E-state index in [1.54, 1.807) is 0 Å². The predicted octanol–water partition coefficient (Wildman–Crippen LogP) is 4.35. The van der Waals surface area contributed by atoms with Crippen molar-refractivity contribution in [3.8, 4) is 0 Å². The van der Waals surface area contributed by atoms with E-state index in [0.29, 0.717) is 6.54 Å². The molecule has 4 rings (SSSR count). The Kier molecular flexibility index (Phi) is 4.69. The minimum absolute atomic E-state index is 0.111. The van der Waals surface area contributed by atoms with Crippen LogP contribution >= 0.6 is 0 Å². The summed E-state index contributed by atoms with van der Waals surface area (Å²) < 4.78 is 0. The third-order valence-electron chi connectivity index (χ3n) is 4.83. The molecule has 0 radical (unpaired) electrons. The molecule has 0 fully saturated rings. The lowest BCUT2D eigenvalue weighted by Crippen LogP contribution is -2.34. The summed E-state index contributed by atoms with van der Waals surface area (Å²) in [5, 5.41) is 0. The highest BCUT2D eigenvalue weighted by Crippen LogP contribution is 2.27. The number of benzene rings is 3. The fraction of sp³-hybridized carbons (Fsp3) is 0.174. The van der Waals surface area contributed by atoms with Gasteiger partial charge in [0.2, 0.25) is 0 Å². The van der Waals surface area contributed by atoms with Crippen molar-refractivity contribution in [1.82, 2.24) is 4.90 Å². The first-order chi connectivity index (χ1) is 12.8. The molecule has 3 aromatic rings. The van der Waals surface area contributed by atoms with Gasteiger partial charge in [-0.2, -0.15) is 0 Å². The number of hydrogen-bond acceptors (Lipinski definition) is 2. The first-order valence-corrected chi connectivity index (χ1v) is 9.02. The van der Waals surface area contributed by atoms with Gasteiger partial charge in [0.1, 0.15) is 0 Å². The average molecular weight is 342 g/mol. The number of anilines is 1. The molecule has 3 aromatic carbocycles. The van der Waals surface area contributed by atoms with Gasteiger partial charge in [0.15, 0.2) is 0 Å². The molecule has 0 bridgehead atoms. The Balaban J connectivity index is 1.62. The number of carbonyl (C=O) groups is 1. The van der Waals surface area contributed by atoms with Crippen LogP contribution in [0, 0.1) is 0 Å². The van der Waals surface area contributed by atoms with E-state index in [0.717, 1.165) is 36.4 Å². The summed E-state index contributed by atoms with van der Waals surface area (Å²) in [6.07, 6.45) is 0. The minimum atomic E-state index is 0.111. The average Bonchev–Trinajstić information content (AvgIpc) is 2.82. The van der Waals surface area contributed by atoms with E-state index in [1.807, 2.05) is 47.4 Å². The van der Waals surface area contributed by atoms with Crippen LogP contribution in [0.3, 0.4) is 0 Å². The lowest BCUT2D eigenvalue weighted by molar-refractivity contribution is 0.0754. The summed E-state index contributed by atoms with van der Waals surface area (Å²) in [6, 6.07) is 28.6. The molecule has 0 N–H and O–H groups in total. The topological polar surface area (TPSA) is 23.6 Å². The Hall–Kier alpha value is -3.07. The zero-order valence-electron chi connectivity index (χ0n) is 14.7. The number of rotatable bonds is 4. The van der Waals surface area contributed by atoms with Gasteiger partial charge in [0.05, 0.1) is 5.56 Å².